The van der Waals surface area contributed by atoms with E-state index < -0.39 is 17.7 Å². The molecule has 0 aliphatic carbocycles. The number of pyridine rings is 1. The lowest BCUT2D eigenvalue weighted by Gasteiger charge is -2.07. The summed E-state index contributed by atoms with van der Waals surface area (Å²) in [6.07, 6.45) is -1.81. The summed E-state index contributed by atoms with van der Waals surface area (Å²) in [5.41, 5.74) is 0.160. The molecule has 1 aromatic heterocycles. The van der Waals surface area contributed by atoms with Gasteiger partial charge in [0.05, 0.1) is 11.1 Å². The van der Waals surface area contributed by atoms with E-state index in [2.05, 4.69) is 4.98 Å². The number of hydrogen-bond acceptors (Lipinski definition) is 2. The summed E-state index contributed by atoms with van der Waals surface area (Å²) in [5.74, 6) is -1.14. The van der Waals surface area contributed by atoms with E-state index in [0.29, 0.717) is 11.1 Å². The number of aromatic nitrogens is 1. The molecule has 0 atom stereocenters. The van der Waals surface area contributed by atoms with E-state index in [-0.39, 0.29) is 5.56 Å². The summed E-state index contributed by atoms with van der Waals surface area (Å²) in [5, 5.41) is 8.82. The van der Waals surface area contributed by atoms with Crippen molar-refractivity contribution >= 4 is 5.97 Å². The van der Waals surface area contributed by atoms with Gasteiger partial charge < -0.3 is 5.11 Å². The molecule has 6 heteroatoms. The largest absolute Gasteiger partial charge is 0.478 e. The Hall–Kier alpha value is -2.37. The number of benzene rings is 1. The van der Waals surface area contributed by atoms with Gasteiger partial charge in [-0.25, -0.2) is 4.79 Å². The van der Waals surface area contributed by atoms with Crippen LogP contribution in [0.2, 0.25) is 0 Å². The number of carboxylic acids is 1. The Morgan fingerprint density at radius 3 is 2.21 bits per heavy atom. The first kappa shape index (κ1) is 13.1. The van der Waals surface area contributed by atoms with Crippen molar-refractivity contribution in [2.24, 2.45) is 0 Å². The van der Waals surface area contributed by atoms with E-state index in [1.54, 1.807) is 0 Å². The zero-order chi connectivity index (χ0) is 14.0. The molecule has 0 saturated heterocycles. The Morgan fingerprint density at radius 2 is 1.68 bits per heavy atom. The number of halogens is 3. The maximum absolute atomic E-state index is 12.4. The second-order valence-electron chi connectivity index (χ2n) is 3.84. The number of hydrogen-bond donors (Lipinski definition) is 1. The van der Waals surface area contributed by atoms with Gasteiger partial charge >= 0.3 is 12.1 Å². The molecule has 98 valence electrons. The van der Waals surface area contributed by atoms with Crippen LogP contribution >= 0.6 is 0 Å². The molecule has 0 spiro atoms. The van der Waals surface area contributed by atoms with Crippen molar-refractivity contribution in [1.29, 1.82) is 0 Å². The van der Waals surface area contributed by atoms with E-state index in [1.165, 1.54) is 30.6 Å². The van der Waals surface area contributed by atoms with Crippen molar-refractivity contribution in [2.75, 3.05) is 0 Å². The third kappa shape index (κ3) is 2.90. The fraction of sp³-hybridized carbons (Fsp3) is 0.0769. The molecule has 19 heavy (non-hydrogen) atoms. The summed E-state index contributed by atoms with van der Waals surface area (Å²) in [6, 6.07) is 5.82. The SMILES string of the molecule is O=C(O)c1cncc(-c2ccc(C(F)(F)F)cc2)c1. The van der Waals surface area contributed by atoms with Crippen LogP contribution in [-0.4, -0.2) is 16.1 Å². The van der Waals surface area contributed by atoms with E-state index in [0.717, 1.165) is 12.1 Å². The van der Waals surface area contributed by atoms with Crippen molar-refractivity contribution in [3.05, 3.63) is 53.9 Å². The molecule has 0 unspecified atom stereocenters. The summed E-state index contributed by atoms with van der Waals surface area (Å²) >= 11 is 0. The Kier molecular flexibility index (Phi) is 3.25. The Labute approximate surface area is 106 Å². The minimum absolute atomic E-state index is 0.0163. The van der Waals surface area contributed by atoms with Gasteiger partial charge in [0.1, 0.15) is 0 Å². The van der Waals surface area contributed by atoms with E-state index in [1.807, 2.05) is 0 Å². The smallest absolute Gasteiger partial charge is 0.416 e. The standard InChI is InChI=1S/C13H8F3NO2/c14-13(15,16)11-3-1-8(2-4-11)9-5-10(12(18)19)7-17-6-9/h1-7H,(H,18,19). The number of aromatic carboxylic acids is 1. The van der Waals surface area contributed by atoms with Gasteiger partial charge in [-0.1, -0.05) is 12.1 Å². The molecule has 2 aromatic rings. The van der Waals surface area contributed by atoms with Gasteiger partial charge in [-0.3, -0.25) is 4.98 Å². The summed E-state index contributed by atoms with van der Waals surface area (Å²) in [7, 11) is 0. The first-order valence-corrected chi connectivity index (χ1v) is 5.24. The van der Waals surface area contributed by atoms with E-state index >= 15 is 0 Å². The van der Waals surface area contributed by atoms with Crippen molar-refractivity contribution in [2.45, 2.75) is 6.18 Å². The maximum Gasteiger partial charge on any atom is 0.416 e. The van der Waals surface area contributed by atoms with Gasteiger partial charge in [-0.05, 0) is 23.8 Å². The number of carboxylic acid groups (broad SMARTS) is 1. The predicted molar refractivity (Wildman–Crippen MR) is 61.6 cm³/mol. The highest BCUT2D eigenvalue weighted by atomic mass is 19.4. The number of alkyl halides is 3. The van der Waals surface area contributed by atoms with E-state index in [9.17, 15) is 18.0 Å². The zero-order valence-electron chi connectivity index (χ0n) is 9.48. The number of nitrogens with zero attached hydrogens (tertiary/aromatic N) is 1. The Morgan fingerprint density at radius 1 is 1.05 bits per heavy atom. The van der Waals surface area contributed by atoms with Crippen LogP contribution in [0.5, 0.6) is 0 Å². The molecule has 1 N–H and O–H groups in total. The van der Waals surface area contributed by atoms with Crippen molar-refractivity contribution in [1.82, 2.24) is 4.98 Å². The average molecular weight is 267 g/mol. The lowest BCUT2D eigenvalue weighted by atomic mass is 10.0. The van der Waals surface area contributed by atoms with E-state index in [4.69, 9.17) is 5.11 Å². The predicted octanol–water partition coefficient (Wildman–Crippen LogP) is 3.47. The van der Waals surface area contributed by atoms with Crippen LogP contribution in [0.15, 0.2) is 42.7 Å². The van der Waals surface area contributed by atoms with Gasteiger partial charge in [-0.2, -0.15) is 13.2 Å². The molecule has 3 nitrogen and oxygen atoms in total. The third-order valence-corrected chi connectivity index (χ3v) is 2.53. The van der Waals surface area contributed by atoms with Crippen molar-refractivity contribution < 1.29 is 23.1 Å². The van der Waals surface area contributed by atoms with Gasteiger partial charge in [0.15, 0.2) is 0 Å². The van der Waals surface area contributed by atoms with Crippen LogP contribution in [0.4, 0.5) is 13.2 Å². The van der Waals surface area contributed by atoms with Crippen LogP contribution in [0, 0.1) is 0 Å². The van der Waals surface area contributed by atoms with Crippen LogP contribution in [0.1, 0.15) is 15.9 Å². The molecule has 1 aromatic carbocycles. The molecular formula is C13H8F3NO2. The van der Waals surface area contributed by atoms with Crippen LogP contribution < -0.4 is 0 Å². The average Bonchev–Trinajstić information content (AvgIpc) is 2.38. The highest BCUT2D eigenvalue weighted by Gasteiger charge is 2.29. The normalized spacial score (nSPS) is 11.3. The molecule has 0 bridgehead atoms. The molecule has 0 fully saturated rings. The van der Waals surface area contributed by atoms with Crippen LogP contribution in [0.3, 0.4) is 0 Å². The maximum atomic E-state index is 12.4. The molecule has 0 aliphatic rings. The Bertz CT molecular complexity index is 606. The molecule has 0 saturated carbocycles. The quantitative estimate of drug-likeness (QED) is 0.906. The van der Waals surface area contributed by atoms with Crippen LogP contribution in [-0.2, 0) is 6.18 Å². The minimum atomic E-state index is -4.39. The summed E-state index contributed by atoms with van der Waals surface area (Å²) in [4.78, 5) is 14.5. The van der Waals surface area contributed by atoms with Gasteiger partial charge in [0, 0.05) is 18.0 Å². The summed E-state index contributed by atoms with van der Waals surface area (Å²) in [6.45, 7) is 0. The molecule has 0 amide bonds. The van der Waals surface area contributed by atoms with Crippen molar-refractivity contribution in [3.8, 4) is 11.1 Å². The molecule has 0 aliphatic heterocycles. The number of rotatable bonds is 2. The zero-order valence-corrected chi connectivity index (χ0v) is 9.48. The fourth-order valence-electron chi connectivity index (χ4n) is 1.57. The topological polar surface area (TPSA) is 50.2 Å². The summed E-state index contributed by atoms with van der Waals surface area (Å²) < 4.78 is 37.2. The molecule has 0 radical (unpaired) electrons. The monoisotopic (exact) mass is 267 g/mol. The minimum Gasteiger partial charge on any atom is -0.478 e. The molecular weight excluding hydrogens is 259 g/mol. The first-order valence-electron chi connectivity index (χ1n) is 5.24. The fourth-order valence-corrected chi connectivity index (χ4v) is 1.57. The second-order valence-corrected chi connectivity index (χ2v) is 3.84. The third-order valence-electron chi connectivity index (χ3n) is 2.53. The lowest BCUT2D eigenvalue weighted by Crippen LogP contribution is -2.04. The number of carbonyl (C=O) groups is 1. The lowest BCUT2D eigenvalue weighted by molar-refractivity contribution is -0.137. The van der Waals surface area contributed by atoms with Crippen LogP contribution in [0.25, 0.3) is 11.1 Å². The van der Waals surface area contributed by atoms with Gasteiger partial charge in [0.25, 0.3) is 0 Å². The second kappa shape index (κ2) is 4.72. The highest BCUT2D eigenvalue weighted by Crippen LogP contribution is 2.30. The van der Waals surface area contributed by atoms with Gasteiger partial charge in [-0.15, -0.1) is 0 Å². The Balaban J connectivity index is 2.37. The van der Waals surface area contributed by atoms with Gasteiger partial charge in [0.2, 0.25) is 0 Å². The molecule has 2 rings (SSSR count). The molecule has 1 heterocycles. The highest BCUT2D eigenvalue weighted by molar-refractivity contribution is 5.88. The first-order chi connectivity index (χ1) is 8.88. The van der Waals surface area contributed by atoms with Crippen molar-refractivity contribution in [3.63, 3.8) is 0 Å².